The van der Waals surface area contributed by atoms with Gasteiger partial charge in [0.2, 0.25) is 10.0 Å². The summed E-state index contributed by atoms with van der Waals surface area (Å²) in [6.07, 6.45) is 0. The number of nitrogens with one attached hydrogen (secondary N) is 2. The van der Waals surface area contributed by atoms with Gasteiger partial charge in [-0.15, -0.1) is 0 Å². The van der Waals surface area contributed by atoms with Crippen LogP contribution in [0.15, 0.2) is 47.4 Å². The zero-order valence-electron chi connectivity index (χ0n) is 12.4. The molecule has 6 nitrogen and oxygen atoms in total. The Kier molecular flexibility index (Phi) is 4.31. The molecule has 0 radical (unpaired) electrons. The van der Waals surface area contributed by atoms with E-state index in [1.54, 1.807) is 6.07 Å². The Morgan fingerprint density at radius 1 is 1.21 bits per heavy atom. The van der Waals surface area contributed by atoms with Crippen LogP contribution in [0, 0.1) is 5.82 Å². The summed E-state index contributed by atoms with van der Waals surface area (Å²) in [5.41, 5.74) is 0.734. The molecule has 0 atom stereocenters. The third-order valence-electron chi connectivity index (χ3n) is 3.25. The van der Waals surface area contributed by atoms with Crippen molar-refractivity contribution in [1.82, 2.24) is 9.71 Å². The summed E-state index contributed by atoms with van der Waals surface area (Å²) in [6, 6.07) is 9.79. The summed E-state index contributed by atoms with van der Waals surface area (Å²) in [5, 5.41) is 2.89. The van der Waals surface area contributed by atoms with Gasteiger partial charge in [0.15, 0.2) is 5.13 Å². The first kappa shape index (κ1) is 16.5. The fraction of sp³-hybridized carbons (Fsp3) is 0.0667. The Labute approximate surface area is 141 Å². The van der Waals surface area contributed by atoms with Crippen LogP contribution in [0.2, 0.25) is 0 Å². The number of fused-ring (bicyclic) bond motifs is 1. The molecule has 0 fully saturated rings. The number of nitrogens with zero attached hydrogens (tertiary/aromatic N) is 1. The monoisotopic (exact) mass is 365 g/mol. The number of hydrogen-bond acceptors (Lipinski definition) is 5. The van der Waals surface area contributed by atoms with Gasteiger partial charge in [-0.2, -0.15) is 0 Å². The van der Waals surface area contributed by atoms with Gasteiger partial charge in [-0.1, -0.05) is 17.4 Å². The third kappa shape index (κ3) is 3.28. The van der Waals surface area contributed by atoms with Crippen LogP contribution < -0.4 is 10.0 Å². The quantitative estimate of drug-likeness (QED) is 0.744. The lowest BCUT2D eigenvalue weighted by Gasteiger charge is -2.01. The summed E-state index contributed by atoms with van der Waals surface area (Å²) in [4.78, 5) is 16.4. The van der Waals surface area contributed by atoms with Crippen molar-refractivity contribution >= 4 is 42.6 Å². The number of thiazole rings is 1. The fourth-order valence-corrected chi connectivity index (χ4v) is 3.77. The van der Waals surface area contributed by atoms with Gasteiger partial charge in [-0.05, 0) is 43.4 Å². The maximum atomic E-state index is 13.2. The van der Waals surface area contributed by atoms with E-state index in [-0.39, 0.29) is 10.5 Å². The highest BCUT2D eigenvalue weighted by Crippen LogP contribution is 2.28. The largest absolute Gasteiger partial charge is 0.298 e. The summed E-state index contributed by atoms with van der Waals surface area (Å²) >= 11 is 1.14. The molecule has 1 heterocycles. The Bertz CT molecular complexity index is 1030. The molecule has 3 aromatic rings. The molecule has 0 aliphatic rings. The molecule has 1 amide bonds. The molecular formula is C15H12FN3O3S2. The molecule has 1 aromatic heterocycles. The van der Waals surface area contributed by atoms with Crippen LogP contribution in [0.5, 0.6) is 0 Å². The molecule has 9 heteroatoms. The lowest BCUT2D eigenvalue weighted by molar-refractivity contribution is 0.102. The zero-order valence-corrected chi connectivity index (χ0v) is 14.0. The van der Waals surface area contributed by atoms with Crippen LogP contribution in [-0.4, -0.2) is 26.4 Å². The topological polar surface area (TPSA) is 88.2 Å². The van der Waals surface area contributed by atoms with E-state index in [2.05, 4.69) is 15.0 Å². The van der Waals surface area contributed by atoms with Gasteiger partial charge in [0.25, 0.3) is 5.91 Å². The molecule has 0 aliphatic heterocycles. The van der Waals surface area contributed by atoms with E-state index >= 15 is 0 Å². The van der Waals surface area contributed by atoms with Gasteiger partial charge in [-0.25, -0.2) is 22.5 Å². The standard InChI is InChI=1S/C15H12FN3O3S2/c1-17-24(21,22)11-5-6-12-13(8-11)23-15(18-12)19-14(20)9-3-2-4-10(16)7-9/h2-8,17H,1H3,(H,18,19,20). The molecule has 0 bridgehead atoms. The van der Waals surface area contributed by atoms with Crippen LogP contribution >= 0.6 is 11.3 Å². The second-order valence-corrected chi connectivity index (χ2v) is 7.74. The Balaban J connectivity index is 1.90. The second-order valence-electron chi connectivity index (χ2n) is 4.82. The molecule has 0 saturated heterocycles. The van der Waals surface area contributed by atoms with Crippen molar-refractivity contribution in [1.29, 1.82) is 0 Å². The summed E-state index contributed by atoms with van der Waals surface area (Å²) < 4.78 is 39.6. The molecule has 0 saturated carbocycles. The minimum atomic E-state index is -3.55. The van der Waals surface area contributed by atoms with E-state index in [0.717, 1.165) is 17.4 Å². The Morgan fingerprint density at radius 3 is 2.71 bits per heavy atom. The van der Waals surface area contributed by atoms with Crippen molar-refractivity contribution in [3.8, 4) is 0 Å². The summed E-state index contributed by atoms with van der Waals surface area (Å²) in [5.74, 6) is -0.995. The fourth-order valence-electron chi connectivity index (χ4n) is 2.04. The molecule has 0 spiro atoms. The molecule has 2 N–H and O–H groups in total. The highest BCUT2D eigenvalue weighted by molar-refractivity contribution is 7.89. The minimum Gasteiger partial charge on any atom is -0.298 e. The van der Waals surface area contributed by atoms with Crippen LogP contribution in [-0.2, 0) is 10.0 Å². The normalized spacial score (nSPS) is 11.6. The number of rotatable bonds is 4. The molecule has 3 rings (SSSR count). The zero-order chi connectivity index (χ0) is 17.3. The highest BCUT2D eigenvalue weighted by Gasteiger charge is 2.15. The van der Waals surface area contributed by atoms with E-state index in [9.17, 15) is 17.6 Å². The highest BCUT2D eigenvalue weighted by atomic mass is 32.2. The lowest BCUT2D eigenvalue weighted by atomic mass is 10.2. The molecule has 124 valence electrons. The first-order valence-electron chi connectivity index (χ1n) is 6.80. The van der Waals surface area contributed by atoms with Crippen LogP contribution in [0.3, 0.4) is 0 Å². The second kappa shape index (κ2) is 6.27. The van der Waals surface area contributed by atoms with Crippen LogP contribution in [0.4, 0.5) is 9.52 Å². The van der Waals surface area contributed by atoms with Crippen LogP contribution in [0.1, 0.15) is 10.4 Å². The molecule has 24 heavy (non-hydrogen) atoms. The van der Waals surface area contributed by atoms with Crippen molar-refractivity contribution < 1.29 is 17.6 Å². The number of anilines is 1. The molecular weight excluding hydrogens is 353 g/mol. The van der Waals surface area contributed by atoms with Gasteiger partial charge in [-0.3, -0.25) is 10.1 Å². The minimum absolute atomic E-state index is 0.115. The van der Waals surface area contributed by atoms with E-state index in [1.807, 2.05) is 0 Å². The van der Waals surface area contributed by atoms with E-state index in [4.69, 9.17) is 0 Å². The third-order valence-corrected chi connectivity index (χ3v) is 5.59. The van der Waals surface area contributed by atoms with E-state index in [1.165, 1.54) is 37.4 Å². The smallest absolute Gasteiger partial charge is 0.257 e. The van der Waals surface area contributed by atoms with Crippen molar-refractivity contribution in [3.05, 3.63) is 53.8 Å². The summed E-state index contributed by atoms with van der Waals surface area (Å²) in [7, 11) is -2.22. The average molecular weight is 365 g/mol. The van der Waals surface area contributed by atoms with E-state index in [0.29, 0.717) is 15.3 Å². The van der Waals surface area contributed by atoms with E-state index < -0.39 is 21.7 Å². The van der Waals surface area contributed by atoms with Gasteiger partial charge >= 0.3 is 0 Å². The maximum absolute atomic E-state index is 13.2. The predicted molar refractivity (Wildman–Crippen MR) is 90.2 cm³/mol. The SMILES string of the molecule is CNS(=O)(=O)c1ccc2nc(NC(=O)c3cccc(F)c3)sc2c1. The maximum Gasteiger partial charge on any atom is 0.257 e. The number of aromatic nitrogens is 1. The van der Waals surface area contributed by atoms with Gasteiger partial charge in [0.1, 0.15) is 5.82 Å². The number of halogens is 1. The molecule has 0 aliphatic carbocycles. The first-order valence-corrected chi connectivity index (χ1v) is 9.10. The van der Waals surface area contributed by atoms with Gasteiger partial charge in [0.05, 0.1) is 15.1 Å². The lowest BCUT2D eigenvalue weighted by Crippen LogP contribution is -2.18. The Hall–Kier alpha value is -2.36. The van der Waals surface area contributed by atoms with Crippen molar-refractivity contribution in [3.63, 3.8) is 0 Å². The van der Waals surface area contributed by atoms with Gasteiger partial charge < -0.3 is 0 Å². The van der Waals surface area contributed by atoms with Gasteiger partial charge in [0, 0.05) is 5.56 Å². The number of sulfonamides is 1. The van der Waals surface area contributed by atoms with Crippen molar-refractivity contribution in [2.75, 3.05) is 12.4 Å². The number of benzene rings is 2. The number of carbonyl (C=O) groups excluding carboxylic acids is 1. The Morgan fingerprint density at radius 2 is 2.00 bits per heavy atom. The number of amides is 1. The summed E-state index contributed by atoms with van der Waals surface area (Å²) in [6.45, 7) is 0. The van der Waals surface area contributed by atoms with Crippen molar-refractivity contribution in [2.24, 2.45) is 0 Å². The van der Waals surface area contributed by atoms with Crippen LogP contribution in [0.25, 0.3) is 10.2 Å². The predicted octanol–water partition coefficient (Wildman–Crippen LogP) is 2.60. The first-order chi connectivity index (χ1) is 11.4. The number of carbonyl (C=O) groups is 1. The van der Waals surface area contributed by atoms with Crippen molar-refractivity contribution in [2.45, 2.75) is 4.90 Å². The average Bonchev–Trinajstić information content (AvgIpc) is 2.96. The molecule has 2 aromatic carbocycles. The molecule has 0 unspecified atom stereocenters. The number of hydrogen-bond donors (Lipinski definition) is 2.